The summed E-state index contributed by atoms with van der Waals surface area (Å²) in [6.45, 7) is 0. The number of hydrogen-bond acceptors (Lipinski definition) is 7. The highest BCUT2D eigenvalue weighted by atomic mass is 32.2. The molecule has 0 aliphatic rings. The van der Waals surface area contributed by atoms with Gasteiger partial charge in [-0.2, -0.15) is 0 Å². The van der Waals surface area contributed by atoms with Crippen LogP contribution < -0.4 is 10.9 Å². The topological polar surface area (TPSA) is 76.9 Å². The minimum atomic E-state index is -0.342. The van der Waals surface area contributed by atoms with Crippen molar-refractivity contribution in [2.75, 3.05) is 11.1 Å². The largest absolute Gasteiger partial charge is 0.301 e. The fourth-order valence-corrected chi connectivity index (χ4v) is 4.82. The molecule has 1 amide bonds. The summed E-state index contributed by atoms with van der Waals surface area (Å²) < 4.78 is 15.9. The van der Waals surface area contributed by atoms with Crippen molar-refractivity contribution < 1.29 is 9.18 Å². The minimum absolute atomic E-state index is 0.0835. The highest BCUT2D eigenvalue weighted by Crippen LogP contribution is 2.27. The number of anilines is 1. The van der Waals surface area contributed by atoms with Crippen LogP contribution in [-0.2, 0) is 11.8 Å². The molecular weight excluding hydrogens is 395 g/mol. The lowest BCUT2D eigenvalue weighted by Gasteiger charge is -2.06. The predicted molar refractivity (Wildman–Crippen MR) is 104 cm³/mol. The van der Waals surface area contributed by atoms with Crippen molar-refractivity contribution >= 4 is 65.9 Å². The summed E-state index contributed by atoms with van der Waals surface area (Å²) in [6.07, 6.45) is 0. The lowest BCUT2D eigenvalue weighted by molar-refractivity contribution is -0.113. The van der Waals surface area contributed by atoms with Gasteiger partial charge in [0.15, 0.2) is 10.3 Å². The molecule has 3 heterocycles. The number of amides is 1. The SMILES string of the molecule is Cn1c(SCC(=O)Nc2nc3ccc(F)cc3s2)nc2ccsc2c1=O. The van der Waals surface area contributed by atoms with E-state index < -0.39 is 0 Å². The molecule has 4 rings (SSSR count). The Hall–Kier alpha value is -2.30. The van der Waals surface area contributed by atoms with Crippen LogP contribution in [0.2, 0.25) is 0 Å². The maximum Gasteiger partial charge on any atom is 0.271 e. The van der Waals surface area contributed by atoms with Gasteiger partial charge in [-0.25, -0.2) is 14.4 Å². The summed E-state index contributed by atoms with van der Waals surface area (Å²) in [7, 11) is 1.64. The second-order valence-electron chi connectivity index (χ2n) is 5.36. The molecule has 0 aliphatic carbocycles. The summed E-state index contributed by atoms with van der Waals surface area (Å²) in [6, 6.07) is 6.07. The lowest BCUT2D eigenvalue weighted by Crippen LogP contribution is -2.20. The van der Waals surface area contributed by atoms with Crippen LogP contribution in [0.4, 0.5) is 9.52 Å². The van der Waals surface area contributed by atoms with Gasteiger partial charge in [0.05, 0.1) is 21.5 Å². The Bertz CT molecular complexity index is 1200. The maximum absolute atomic E-state index is 13.2. The average molecular weight is 406 g/mol. The molecule has 3 aromatic heterocycles. The summed E-state index contributed by atoms with van der Waals surface area (Å²) in [5.74, 6) is -0.528. The maximum atomic E-state index is 13.2. The third-order valence-electron chi connectivity index (χ3n) is 3.58. The van der Waals surface area contributed by atoms with Crippen molar-refractivity contribution in [2.45, 2.75) is 5.16 Å². The van der Waals surface area contributed by atoms with Gasteiger partial charge in [-0.05, 0) is 29.6 Å². The molecule has 26 heavy (non-hydrogen) atoms. The lowest BCUT2D eigenvalue weighted by atomic mass is 10.3. The number of nitrogens with one attached hydrogen (secondary N) is 1. The molecule has 6 nitrogen and oxygen atoms in total. The van der Waals surface area contributed by atoms with Crippen LogP contribution in [0.1, 0.15) is 0 Å². The Kier molecular flexibility index (Phi) is 4.47. The number of thiazole rings is 1. The molecule has 0 saturated carbocycles. The van der Waals surface area contributed by atoms with Crippen molar-refractivity contribution in [1.82, 2.24) is 14.5 Å². The highest BCUT2D eigenvalue weighted by Gasteiger charge is 2.13. The first-order valence-corrected chi connectivity index (χ1v) is 10.1. The molecule has 0 atom stereocenters. The highest BCUT2D eigenvalue weighted by molar-refractivity contribution is 7.99. The molecule has 10 heteroatoms. The minimum Gasteiger partial charge on any atom is -0.301 e. The number of nitrogens with zero attached hydrogens (tertiary/aromatic N) is 3. The monoisotopic (exact) mass is 406 g/mol. The predicted octanol–water partition coefficient (Wildman–Crippen LogP) is 3.47. The first-order valence-electron chi connectivity index (χ1n) is 7.44. The molecule has 0 saturated heterocycles. The van der Waals surface area contributed by atoms with E-state index in [1.165, 1.54) is 51.1 Å². The number of thiophene rings is 1. The van der Waals surface area contributed by atoms with Crippen molar-refractivity contribution in [3.8, 4) is 0 Å². The normalized spacial score (nSPS) is 11.3. The zero-order valence-corrected chi connectivity index (χ0v) is 15.8. The van der Waals surface area contributed by atoms with Gasteiger partial charge < -0.3 is 5.32 Å². The molecule has 0 bridgehead atoms. The van der Waals surface area contributed by atoms with E-state index in [2.05, 4.69) is 15.3 Å². The van der Waals surface area contributed by atoms with Gasteiger partial charge in [0.2, 0.25) is 5.91 Å². The molecule has 0 radical (unpaired) electrons. The standard InChI is InChI=1S/C16H11FN4O2S3/c1-21-14(23)13-10(4-5-24-13)19-16(21)25-7-12(22)20-15-18-9-3-2-8(17)6-11(9)26-15/h2-6H,7H2,1H3,(H,18,20,22). The van der Waals surface area contributed by atoms with Gasteiger partial charge in [0.1, 0.15) is 10.5 Å². The number of carbonyl (C=O) groups is 1. The van der Waals surface area contributed by atoms with E-state index in [1.54, 1.807) is 19.2 Å². The molecule has 1 N–H and O–H groups in total. The Balaban J connectivity index is 1.48. The molecule has 132 valence electrons. The van der Waals surface area contributed by atoms with E-state index in [4.69, 9.17) is 0 Å². The number of fused-ring (bicyclic) bond motifs is 2. The number of rotatable bonds is 4. The van der Waals surface area contributed by atoms with E-state index >= 15 is 0 Å². The zero-order valence-electron chi connectivity index (χ0n) is 13.4. The third kappa shape index (κ3) is 3.22. The first kappa shape index (κ1) is 17.1. The van der Waals surface area contributed by atoms with Crippen LogP contribution in [0, 0.1) is 5.82 Å². The molecule has 0 unspecified atom stereocenters. The molecule has 1 aromatic carbocycles. The number of aromatic nitrogens is 3. The van der Waals surface area contributed by atoms with Crippen molar-refractivity contribution in [1.29, 1.82) is 0 Å². The summed E-state index contributed by atoms with van der Waals surface area (Å²) in [4.78, 5) is 33.1. The fraction of sp³-hybridized carbons (Fsp3) is 0.125. The van der Waals surface area contributed by atoms with Crippen LogP contribution in [0.5, 0.6) is 0 Å². The molecule has 0 spiro atoms. The number of halogens is 1. The summed E-state index contributed by atoms with van der Waals surface area (Å²) in [5.41, 5.74) is 1.14. The van der Waals surface area contributed by atoms with Crippen LogP contribution in [0.3, 0.4) is 0 Å². The third-order valence-corrected chi connectivity index (χ3v) is 6.43. The quantitative estimate of drug-likeness (QED) is 0.415. The van der Waals surface area contributed by atoms with Gasteiger partial charge in [-0.3, -0.25) is 14.2 Å². The first-order chi connectivity index (χ1) is 12.5. The van der Waals surface area contributed by atoms with Crippen molar-refractivity contribution in [3.63, 3.8) is 0 Å². The van der Waals surface area contributed by atoms with Crippen molar-refractivity contribution in [2.24, 2.45) is 7.05 Å². The smallest absolute Gasteiger partial charge is 0.271 e. The van der Waals surface area contributed by atoms with Crippen LogP contribution in [0.15, 0.2) is 39.6 Å². The molecule has 0 fully saturated rings. The van der Waals surface area contributed by atoms with E-state index in [9.17, 15) is 14.0 Å². The van der Waals surface area contributed by atoms with Crippen molar-refractivity contribution in [3.05, 3.63) is 45.8 Å². The van der Waals surface area contributed by atoms with Gasteiger partial charge in [0.25, 0.3) is 5.56 Å². The van der Waals surface area contributed by atoms with Crippen LogP contribution in [-0.4, -0.2) is 26.2 Å². The Morgan fingerprint density at radius 2 is 2.15 bits per heavy atom. The fourth-order valence-electron chi connectivity index (χ4n) is 2.33. The van der Waals surface area contributed by atoms with Gasteiger partial charge in [-0.1, -0.05) is 23.1 Å². The Morgan fingerprint density at radius 3 is 3.00 bits per heavy atom. The Morgan fingerprint density at radius 1 is 1.31 bits per heavy atom. The molecular formula is C16H11FN4O2S3. The number of benzene rings is 1. The summed E-state index contributed by atoms with van der Waals surface area (Å²) in [5, 5.41) is 5.40. The average Bonchev–Trinajstić information content (AvgIpc) is 3.22. The van der Waals surface area contributed by atoms with Gasteiger partial charge >= 0.3 is 0 Å². The second kappa shape index (κ2) is 6.78. The van der Waals surface area contributed by atoms with E-state index in [1.807, 2.05) is 5.38 Å². The zero-order chi connectivity index (χ0) is 18.3. The second-order valence-corrected chi connectivity index (χ2v) is 8.25. The van der Waals surface area contributed by atoms with Gasteiger partial charge in [-0.15, -0.1) is 11.3 Å². The molecule has 4 aromatic rings. The van der Waals surface area contributed by atoms with E-state index in [0.717, 1.165) is 0 Å². The number of carbonyl (C=O) groups excluding carboxylic acids is 1. The number of thioether (sulfide) groups is 1. The van der Waals surface area contributed by atoms with Crippen LogP contribution in [0.25, 0.3) is 20.4 Å². The summed E-state index contributed by atoms with van der Waals surface area (Å²) >= 11 is 3.73. The van der Waals surface area contributed by atoms with E-state index in [0.29, 0.717) is 30.7 Å². The van der Waals surface area contributed by atoms with E-state index in [-0.39, 0.29) is 23.0 Å². The Labute approximate surface area is 158 Å². The molecule has 0 aliphatic heterocycles. The van der Waals surface area contributed by atoms with Gasteiger partial charge in [0, 0.05) is 7.05 Å². The van der Waals surface area contributed by atoms with Crippen LogP contribution >= 0.6 is 34.4 Å². The number of hydrogen-bond donors (Lipinski definition) is 1.